The molecule has 1 N–H and O–H groups in total. The average molecular weight is 535 g/mol. The predicted molar refractivity (Wildman–Crippen MR) is 138 cm³/mol. The molecule has 0 radical (unpaired) electrons. The highest BCUT2D eigenvalue weighted by atomic mass is 32.1. The van der Waals surface area contributed by atoms with Crippen molar-refractivity contribution < 1.29 is 38.1 Å². The number of rotatable bonds is 14. The van der Waals surface area contributed by atoms with Crippen LogP contribution in [-0.4, -0.2) is 36.5 Å². The summed E-state index contributed by atoms with van der Waals surface area (Å²) in [6, 6.07) is 4.71. The third-order valence-corrected chi connectivity index (χ3v) is 6.68. The Bertz CT molecular complexity index is 1160. The third-order valence-electron chi connectivity index (χ3n) is 5.62. The Morgan fingerprint density at radius 2 is 1.92 bits per heavy atom. The fourth-order valence-electron chi connectivity index (χ4n) is 3.56. The maximum Gasteiger partial charge on any atom is 0.350 e. The molecule has 0 aromatic carbocycles. The van der Waals surface area contributed by atoms with Gasteiger partial charge in [-0.15, -0.1) is 11.3 Å². The van der Waals surface area contributed by atoms with Gasteiger partial charge in [0.1, 0.15) is 23.2 Å². The van der Waals surface area contributed by atoms with Gasteiger partial charge in [0.15, 0.2) is 10.8 Å². The fraction of sp³-hybridized carbons (Fsp3) is 0.481. The van der Waals surface area contributed by atoms with E-state index in [1.165, 1.54) is 38.4 Å². The summed E-state index contributed by atoms with van der Waals surface area (Å²) in [5.41, 5.74) is -1.45. The molecule has 2 rings (SSSR count). The number of allylic oxidation sites excluding steroid dienone is 1. The Labute approximate surface area is 220 Å². The van der Waals surface area contributed by atoms with E-state index in [0.717, 1.165) is 6.42 Å². The number of ketones is 1. The van der Waals surface area contributed by atoms with Gasteiger partial charge in [-0.3, -0.25) is 14.4 Å². The lowest BCUT2D eigenvalue weighted by Crippen LogP contribution is -2.27. The number of Topliss-reactive ketones (excluding diaryl/α,β-unsaturated/α-hetero) is 1. The fourth-order valence-corrected chi connectivity index (χ4v) is 4.57. The maximum atomic E-state index is 13.3. The highest BCUT2D eigenvalue weighted by Gasteiger charge is 2.34. The number of carbonyl (C=O) groups is 3. The minimum atomic E-state index is -0.974. The topological polar surface area (TPSA) is 129 Å². The monoisotopic (exact) mass is 534 g/mol. The van der Waals surface area contributed by atoms with Gasteiger partial charge in [0.05, 0.1) is 26.1 Å². The van der Waals surface area contributed by atoms with Crippen molar-refractivity contribution in [2.75, 3.05) is 13.7 Å². The molecule has 3 atom stereocenters. The molecule has 2 heterocycles. The van der Waals surface area contributed by atoms with Gasteiger partial charge in [0.2, 0.25) is 0 Å². The molecule has 37 heavy (non-hydrogen) atoms. The molecule has 0 aliphatic carbocycles. The van der Waals surface area contributed by atoms with Crippen molar-refractivity contribution in [1.82, 2.24) is 0 Å². The van der Waals surface area contributed by atoms with E-state index >= 15 is 0 Å². The third kappa shape index (κ3) is 8.59. The van der Waals surface area contributed by atoms with Crippen molar-refractivity contribution in [3.05, 3.63) is 57.0 Å². The lowest BCUT2D eigenvalue weighted by Gasteiger charge is -2.22. The summed E-state index contributed by atoms with van der Waals surface area (Å²) < 4.78 is 21.0. The molecule has 0 bridgehead atoms. The number of ether oxygens (including phenoxy) is 3. The van der Waals surface area contributed by atoms with Crippen molar-refractivity contribution in [2.45, 2.75) is 65.4 Å². The molecule has 9 nitrogen and oxygen atoms in total. The lowest BCUT2D eigenvalue weighted by molar-refractivity contribution is -0.148. The first-order valence-corrected chi connectivity index (χ1v) is 12.9. The number of esters is 2. The maximum absolute atomic E-state index is 13.3. The second kappa shape index (κ2) is 14.4. The number of aromatic hydroxyl groups is 1. The Hall–Kier alpha value is -3.40. The number of methoxy groups -OCH3 is 1. The second-order valence-corrected chi connectivity index (χ2v) is 9.69. The summed E-state index contributed by atoms with van der Waals surface area (Å²) in [5.74, 6) is -3.09. The smallest absolute Gasteiger partial charge is 0.350 e. The van der Waals surface area contributed by atoms with Crippen LogP contribution < -0.4 is 10.4 Å². The van der Waals surface area contributed by atoms with E-state index in [-0.39, 0.29) is 24.1 Å². The largest absolute Gasteiger partial charge is 0.507 e. The molecule has 0 aliphatic heterocycles. The van der Waals surface area contributed by atoms with Crippen LogP contribution in [0.3, 0.4) is 0 Å². The Morgan fingerprint density at radius 3 is 2.54 bits per heavy atom. The van der Waals surface area contributed by atoms with Gasteiger partial charge in [-0.1, -0.05) is 32.9 Å². The molecule has 0 amide bonds. The van der Waals surface area contributed by atoms with Crippen LogP contribution in [0.25, 0.3) is 0 Å². The van der Waals surface area contributed by atoms with Gasteiger partial charge in [0.25, 0.3) is 0 Å². The molecule has 10 heteroatoms. The minimum absolute atomic E-state index is 0.169. The van der Waals surface area contributed by atoms with Crippen LogP contribution in [0.5, 0.6) is 10.8 Å². The van der Waals surface area contributed by atoms with E-state index < -0.39 is 40.7 Å². The molecule has 0 saturated heterocycles. The van der Waals surface area contributed by atoms with Gasteiger partial charge in [-0.05, 0) is 31.4 Å². The number of hydrogen-bond acceptors (Lipinski definition) is 10. The van der Waals surface area contributed by atoms with E-state index in [1.54, 1.807) is 18.2 Å². The first kappa shape index (κ1) is 29.8. The highest BCUT2D eigenvalue weighted by Crippen LogP contribution is 2.37. The van der Waals surface area contributed by atoms with Crippen molar-refractivity contribution in [3.63, 3.8) is 0 Å². The predicted octanol–water partition coefficient (Wildman–Crippen LogP) is 5.32. The number of hydrogen-bond donors (Lipinski definition) is 1. The quantitative estimate of drug-likeness (QED) is 0.194. The Morgan fingerprint density at radius 1 is 1.19 bits per heavy atom. The van der Waals surface area contributed by atoms with Crippen LogP contribution >= 0.6 is 11.3 Å². The molecule has 3 unspecified atom stereocenters. The van der Waals surface area contributed by atoms with Crippen LogP contribution in [0.1, 0.15) is 86.4 Å². The van der Waals surface area contributed by atoms with Gasteiger partial charge in [-0.25, -0.2) is 4.79 Å². The second-order valence-electron chi connectivity index (χ2n) is 8.61. The van der Waals surface area contributed by atoms with Gasteiger partial charge >= 0.3 is 17.6 Å². The standard InChI is InChI=1S/C27H34O9S/c1-6-14-34-23-13-12-21(37-23)26(35-18(4)28)17(3)25(31)24-19(29)15-20(36-27(24)32)16(2)10-8-7-9-11-22(30)33-5/h7,9,12-13,15-17,26,29H,6,8,10-11,14H2,1-5H3/b9-7+. The molecular weight excluding hydrogens is 500 g/mol. The summed E-state index contributed by atoms with van der Waals surface area (Å²) in [4.78, 5) is 49.6. The molecule has 2 aromatic heterocycles. The minimum Gasteiger partial charge on any atom is -0.507 e. The number of carbonyl (C=O) groups excluding carboxylic acids is 3. The Balaban J connectivity index is 2.20. The zero-order valence-electron chi connectivity index (χ0n) is 21.8. The van der Waals surface area contributed by atoms with Crippen LogP contribution in [-0.2, 0) is 19.1 Å². The van der Waals surface area contributed by atoms with E-state index in [0.29, 0.717) is 29.4 Å². The molecule has 202 valence electrons. The Kier molecular flexibility index (Phi) is 11.6. The normalized spacial score (nSPS) is 13.6. The van der Waals surface area contributed by atoms with Gasteiger partial charge in [0, 0.05) is 23.8 Å². The van der Waals surface area contributed by atoms with Crippen LogP contribution in [0.4, 0.5) is 0 Å². The van der Waals surface area contributed by atoms with E-state index in [2.05, 4.69) is 4.74 Å². The first-order chi connectivity index (χ1) is 17.6. The molecule has 0 aliphatic rings. The van der Waals surface area contributed by atoms with E-state index in [9.17, 15) is 24.3 Å². The summed E-state index contributed by atoms with van der Waals surface area (Å²) in [5, 5.41) is 11.2. The van der Waals surface area contributed by atoms with Crippen molar-refractivity contribution in [2.24, 2.45) is 5.92 Å². The summed E-state index contributed by atoms with van der Waals surface area (Å²) >= 11 is 1.25. The lowest BCUT2D eigenvalue weighted by atomic mass is 9.93. The van der Waals surface area contributed by atoms with Crippen LogP contribution in [0.15, 0.2) is 39.6 Å². The highest BCUT2D eigenvalue weighted by molar-refractivity contribution is 7.13. The SMILES string of the molecule is CCCOc1ccc(C(OC(C)=O)C(C)C(=O)c2c(O)cc(C(C)CC/C=C/CC(=O)OC)oc2=O)s1. The molecule has 2 aromatic rings. The first-order valence-electron chi connectivity index (χ1n) is 12.1. The average Bonchev–Trinajstić information content (AvgIpc) is 3.33. The zero-order chi connectivity index (χ0) is 27.5. The van der Waals surface area contributed by atoms with Crippen LogP contribution in [0, 0.1) is 5.92 Å². The molecule has 0 saturated carbocycles. The van der Waals surface area contributed by atoms with Gasteiger partial charge < -0.3 is 23.7 Å². The van der Waals surface area contributed by atoms with E-state index in [4.69, 9.17) is 13.9 Å². The van der Waals surface area contributed by atoms with E-state index in [1.807, 2.05) is 19.9 Å². The van der Waals surface area contributed by atoms with Crippen molar-refractivity contribution in [1.29, 1.82) is 0 Å². The van der Waals surface area contributed by atoms with Crippen molar-refractivity contribution in [3.8, 4) is 10.8 Å². The van der Waals surface area contributed by atoms with Gasteiger partial charge in [-0.2, -0.15) is 0 Å². The molecular formula is C27H34O9S. The number of thiophene rings is 1. The summed E-state index contributed by atoms with van der Waals surface area (Å²) in [6.07, 6.45) is 4.73. The molecule has 0 fully saturated rings. The van der Waals surface area contributed by atoms with Crippen molar-refractivity contribution >= 4 is 29.1 Å². The zero-order valence-corrected chi connectivity index (χ0v) is 22.6. The summed E-state index contributed by atoms with van der Waals surface area (Å²) in [7, 11) is 1.32. The summed E-state index contributed by atoms with van der Waals surface area (Å²) in [6.45, 7) is 7.08. The molecule has 0 spiro atoms. The van der Waals surface area contributed by atoms with Crippen LogP contribution in [0.2, 0.25) is 0 Å².